The van der Waals surface area contributed by atoms with Gasteiger partial charge in [-0.25, -0.2) is 0 Å². The number of carbonyl (C=O) groups is 1. The lowest BCUT2D eigenvalue weighted by atomic mass is 9.97. The maximum absolute atomic E-state index is 12.8. The monoisotopic (exact) mass is 302 g/mol. The van der Waals surface area contributed by atoms with Gasteiger partial charge in [0.05, 0.1) is 6.04 Å². The lowest BCUT2D eigenvalue weighted by Crippen LogP contribution is -2.51. The predicted molar refractivity (Wildman–Crippen MR) is 93.3 cm³/mol. The highest BCUT2D eigenvalue weighted by Gasteiger charge is 2.31. The zero-order valence-corrected chi connectivity index (χ0v) is 14.5. The molecular weight excluding hydrogens is 272 g/mol. The Balaban J connectivity index is 2.12. The smallest absolute Gasteiger partial charge is 0.241 e. The van der Waals surface area contributed by atoms with Gasteiger partial charge in [0, 0.05) is 11.7 Å². The molecule has 1 unspecified atom stereocenters. The fourth-order valence-electron chi connectivity index (χ4n) is 3.56. The summed E-state index contributed by atoms with van der Waals surface area (Å²) in [5, 5.41) is 3.19. The minimum Gasteiger partial charge on any atom is -0.324 e. The molecule has 2 atom stereocenters. The Labute approximate surface area is 135 Å². The Morgan fingerprint density at radius 1 is 1.32 bits per heavy atom. The molecule has 1 saturated heterocycles. The van der Waals surface area contributed by atoms with Crippen LogP contribution in [0.15, 0.2) is 18.2 Å². The third-order valence-corrected chi connectivity index (χ3v) is 4.85. The van der Waals surface area contributed by atoms with Gasteiger partial charge in [0.2, 0.25) is 5.91 Å². The zero-order valence-electron chi connectivity index (χ0n) is 14.5. The number of hydrogen-bond donors (Lipinski definition) is 1. The molecular formula is C19H30N2O. The molecule has 0 radical (unpaired) electrons. The highest BCUT2D eigenvalue weighted by Crippen LogP contribution is 2.25. The minimum atomic E-state index is 0.0225. The first-order valence-corrected chi connectivity index (χ1v) is 8.67. The van der Waals surface area contributed by atoms with Crippen molar-refractivity contribution in [2.24, 2.45) is 0 Å². The largest absolute Gasteiger partial charge is 0.324 e. The first-order chi connectivity index (χ1) is 10.5. The Morgan fingerprint density at radius 2 is 2.00 bits per heavy atom. The Kier molecular flexibility index (Phi) is 6.01. The number of benzene rings is 1. The van der Waals surface area contributed by atoms with Crippen LogP contribution in [-0.4, -0.2) is 29.4 Å². The lowest BCUT2D eigenvalue weighted by Gasteiger charge is -2.39. The van der Waals surface area contributed by atoms with E-state index in [1.807, 2.05) is 6.07 Å². The number of nitrogens with zero attached hydrogens (tertiary/aromatic N) is 1. The van der Waals surface area contributed by atoms with Crippen LogP contribution in [0.1, 0.15) is 57.1 Å². The fraction of sp³-hybridized carbons (Fsp3) is 0.632. The van der Waals surface area contributed by atoms with Crippen LogP contribution in [0.3, 0.4) is 0 Å². The van der Waals surface area contributed by atoms with E-state index in [1.165, 1.54) is 12.8 Å². The summed E-state index contributed by atoms with van der Waals surface area (Å²) in [6, 6.07) is 6.66. The lowest BCUT2D eigenvalue weighted by molar-refractivity contribution is -0.123. The Morgan fingerprint density at radius 3 is 2.64 bits per heavy atom. The molecule has 0 aliphatic carbocycles. The summed E-state index contributed by atoms with van der Waals surface area (Å²) < 4.78 is 0. The van der Waals surface area contributed by atoms with Crippen molar-refractivity contribution in [3.8, 4) is 0 Å². The second-order valence-electron chi connectivity index (χ2n) is 6.64. The van der Waals surface area contributed by atoms with E-state index in [0.29, 0.717) is 6.04 Å². The highest BCUT2D eigenvalue weighted by atomic mass is 16.2. The van der Waals surface area contributed by atoms with E-state index >= 15 is 0 Å². The van der Waals surface area contributed by atoms with E-state index < -0.39 is 0 Å². The fourth-order valence-corrected chi connectivity index (χ4v) is 3.56. The van der Waals surface area contributed by atoms with Crippen LogP contribution in [0.4, 0.5) is 5.69 Å². The molecule has 22 heavy (non-hydrogen) atoms. The summed E-state index contributed by atoms with van der Waals surface area (Å²) in [7, 11) is 0. The number of aryl methyl sites for hydroxylation is 2. The van der Waals surface area contributed by atoms with Crippen molar-refractivity contribution >= 4 is 11.6 Å². The van der Waals surface area contributed by atoms with Crippen LogP contribution in [0.2, 0.25) is 0 Å². The van der Waals surface area contributed by atoms with Crippen molar-refractivity contribution in [1.29, 1.82) is 0 Å². The van der Waals surface area contributed by atoms with Gasteiger partial charge in [-0.05, 0) is 57.7 Å². The Hall–Kier alpha value is -1.35. The number of hydrogen-bond acceptors (Lipinski definition) is 2. The standard InChI is InChI=1S/C19H30N2O/c1-5-9-16(4)21-13-7-6-12-17(21)19(22)20-18-14(2)10-8-11-15(18)3/h8,10-11,16-17H,5-7,9,12-13H2,1-4H3,(H,20,22)/t16?,17-/m0/s1. The SMILES string of the molecule is CCCC(C)N1CCCC[C@H]1C(=O)Nc1c(C)cccc1C. The molecule has 1 aliphatic rings. The van der Waals surface area contributed by atoms with Gasteiger partial charge in [-0.15, -0.1) is 0 Å². The van der Waals surface area contributed by atoms with Crippen LogP contribution in [0, 0.1) is 13.8 Å². The second-order valence-corrected chi connectivity index (χ2v) is 6.64. The second kappa shape index (κ2) is 7.77. The van der Waals surface area contributed by atoms with Gasteiger partial charge < -0.3 is 5.32 Å². The van der Waals surface area contributed by atoms with Crippen molar-refractivity contribution in [2.45, 2.75) is 71.9 Å². The quantitative estimate of drug-likeness (QED) is 0.880. The van der Waals surface area contributed by atoms with Crippen molar-refractivity contribution < 1.29 is 4.79 Å². The van der Waals surface area contributed by atoms with E-state index in [4.69, 9.17) is 0 Å². The zero-order chi connectivity index (χ0) is 16.1. The number of anilines is 1. The number of likely N-dealkylation sites (tertiary alicyclic amines) is 1. The molecule has 1 aliphatic heterocycles. The van der Waals surface area contributed by atoms with Crippen molar-refractivity contribution in [1.82, 2.24) is 4.90 Å². The third-order valence-electron chi connectivity index (χ3n) is 4.85. The maximum Gasteiger partial charge on any atom is 0.241 e. The molecule has 1 amide bonds. The molecule has 3 nitrogen and oxygen atoms in total. The average Bonchev–Trinajstić information content (AvgIpc) is 2.51. The number of rotatable bonds is 5. The first kappa shape index (κ1) is 17.0. The number of piperidine rings is 1. The summed E-state index contributed by atoms with van der Waals surface area (Å²) in [6.07, 6.45) is 5.67. The van der Waals surface area contributed by atoms with Crippen molar-refractivity contribution in [3.63, 3.8) is 0 Å². The molecule has 2 rings (SSSR count). The predicted octanol–water partition coefficient (Wildman–Crippen LogP) is 4.29. The Bertz CT molecular complexity index is 492. The normalized spacial score (nSPS) is 20.6. The van der Waals surface area contributed by atoms with Gasteiger partial charge in [-0.1, -0.05) is 38.0 Å². The van der Waals surface area contributed by atoms with Crippen LogP contribution in [0.5, 0.6) is 0 Å². The van der Waals surface area contributed by atoms with E-state index in [2.05, 4.69) is 50.0 Å². The number of nitrogens with one attached hydrogen (secondary N) is 1. The maximum atomic E-state index is 12.8. The van der Waals surface area contributed by atoms with E-state index in [0.717, 1.165) is 42.6 Å². The third kappa shape index (κ3) is 3.89. The summed E-state index contributed by atoms with van der Waals surface area (Å²) in [5.74, 6) is 0.167. The molecule has 1 aromatic rings. The molecule has 0 aromatic heterocycles. The molecule has 1 aromatic carbocycles. The van der Waals surface area contributed by atoms with Crippen LogP contribution < -0.4 is 5.32 Å². The van der Waals surface area contributed by atoms with Crippen molar-refractivity contribution in [2.75, 3.05) is 11.9 Å². The molecule has 3 heteroatoms. The number of carbonyl (C=O) groups excluding carboxylic acids is 1. The first-order valence-electron chi connectivity index (χ1n) is 8.67. The molecule has 1 fully saturated rings. The van der Waals surface area contributed by atoms with Crippen LogP contribution >= 0.6 is 0 Å². The molecule has 0 spiro atoms. The average molecular weight is 302 g/mol. The molecule has 1 N–H and O–H groups in total. The summed E-state index contributed by atoms with van der Waals surface area (Å²) >= 11 is 0. The summed E-state index contributed by atoms with van der Waals surface area (Å²) in [4.78, 5) is 15.3. The van der Waals surface area contributed by atoms with E-state index in [1.54, 1.807) is 0 Å². The van der Waals surface area contributed by atoms with Gasteiger partial charge in [0.1, 0.15) is 0 Å². The van der Waals surface area contributed by atoms with Crippen LogP contribution in [0.25, 0.3) is 0 Å². The number of para-hydroxylation sites is 1. The topological polar surface area (TPSA) is 32.3 Å². The summed E-state index contributed by atoms with van der Waals surface area (Å²) in [6.45, 7) is 9.63. The number of amides is 1. The molecule has 122 valence electrons. The molecule has 1 heterocycles. The van der Waals surface area contributed by atoms with Gasteiger partial charge in [0.25, 0.3) is 0 Å². The van der Waals surface area contributed by atoms with Gasteiger partial charge in [0.15, 0.2) is 0 Å². The van der Waals surface area contributed by atoms with Crippen LogP contribution in [-0.2, 0) is 4.79 Å². The van der Waals surface area contributed by atoms with Crippen molar-refractivity contribution in [3.05, 3.63) is 29.3 Å². The molecule has 0 saturated carbocycles. The highest BCUT2D eigenvalue weighted by molar-refractivity contribution is 5.96. The van der Waals surface area contributed by atoms with E-state index in [9.17, 15) is 4.79 Å². The molecule has 0 bridgehead atoms. The minimum absolute atomic E-state index is 0.0225. The van der Waals surface area contributed by atoms with Gasteiger partial charge in [-0.2, -0.15) is 0 Å². The van der Waals surface area contributed by atoms with E-state index in [-0.39, 0.29) is 11.9 Å². The van der Waals surface area contributed by atoms with Gasteiger partial charge in [-0.3, -0.25) is 9.69 Å². The van der Waals surface area contributed by atoms with Gasteiger partial charge >= 0.3 is 0 Å². The summed E-state index contributed by atoms with van der Waals surface area (Å²) in [5.41, 5.74) is 3.26.